The van der Waals surface area contributed by atoms with Crippen molar-refractivity contribution in [1.29, 1.82) is 0 Å². The van der Waals surface area contributed by atoms with Gasteiger partial charge >= 0.3 is 6.09 Å². The molecule has 1 heterocycles. The van der Waals surface area contributed by atoms with E-state index >= 15 is 0 Å². The number of nitrogens with one attached hydrogen (secondary N) is 2. The van der Waals surface area contributed by atoms with Crippen molar-refractivity contribution in [3.05, 3.63) is 59.0 Å². The molecule has 1 amide bonds. The lowest BCUT2D eigenvalue weighted by Gasteiger charge is -2.12. The third-order valence-corrected chi connectivity index (χ3v) is 2.97. The van der Waals surface area contributed by atoms with Crippen LogP contribution in [0.2, 0.25) is 0 Å². The second kappa shape index (κ2) is 8.05. The molecule has 0 radical (unpaired) electrons. The summed E-state index contributed by atoms with van der Waals surface area (Å²) in [6.45, 7) is 5.72. The van der Waals surface area contributed by atoms with E-state index in [9.17, 15) is 9.18 Å². The molecule has 0 bridgehead atoms. The number of rotatable bonds is 3. The Morgan fingerprint density at radius 1 is 1.25 bits per heavy atom. The monoisotopic (exact) mass is 330 g/mol. The van der Waals surface area contributed by atoms with E-state index in [2.05, 4.69) is 20.8 Å². The van der Waals surface area contributed by atoms with Crippen molar-refractivity contribution >= 4 is 17.7 Å². The molecule has 0 spiro atoms. The zero-order valence-corrected chi connectivity index (χ0v) is 13.8. The Morgan fingerprint density at radius 2 is 2.04 bits per heavy atom. The van der Waals surface area contributed by atoms with Crippen LogP contribution in [0.25, 0.3) is 0 Å². The van der Waals surface area contributed by atoms with Gasteiger partial charge in [0.25, 0.3) is 0 Å². The number of hydrogen-bond acceptors (Lipinski definition) is 4. The van der Waals surface area contributed by atoms with E-state index in [4.69, 9.17) is 4.74 Å². The van der Waals surface area contributed by atoms with Gasteiger partial charge in [0.05, 0.1) is 6.61 Å². The van der Waals surface area contributed by atoms with E-state index in [-0.39, 0.29) is 12.4 Å². The summed E-state index contributed by atoms with van der Waals surface area (Å²) in [5.41, 5.74) is 7.29. The normalized spacial score (nSPS) is 11.1. The van der Waals surface area contributed by atoms with Gasteiger partial charge in [0, 0.05) is 11.3 Å². The average molecular weight is 330 g/mol. The van der Waals surface area contributed by atoms with Crippen molar-refractivity contribution in [1.82, 2.24) is 15.8 Å². The standard InChI is InChI=1S/C17H19FN4O2/c1-4-24-17(23)22-21-16(13-6-5-7-14(18)10-13)20-15-9-11(2)8-12(3)19-15/h5-10H,4H2,1-3H3,(H,22,23)(H,19,20,21). The number of amidine groups is 1. The minimum atomic E-state index is -0.657. The lowest BCUT2D eigenvalue weighted by molar-refractivity contribution is 0.150. The van der Waals surface area contributed by atoms with Gasteiger partial charge in [-0.2, -0.15) is 0 Å². The van der Waals surface area contributed by atoms with Crippen LogP contribution in [0, 0.1) is 19.7 Å². The van der Waals surface area contributed by atoms with E-state index in [1.54, 1.807) is 25.1 Å². The summed E-state index contributed by atoms with van der Waals surface area (Å²) in [7, 11) is 0. The zero-order valence-electron chi connectivity index (χ0n) is 13.8. The van der Waals surface area contributed by atoms with Gasteiger partial charge in [0.1, 0.15) is 5.82 Å². The molecule has 1 aromatic heterocycles. The molecule has 2 N–H and O–H groups in total. The molecular weight excluding hydrogens is 311 g/mol. The highest BCUT2D eigenvalue weighted by molar-refractivity contribution is 6.00. The topological polar surface area (TPSA) is 75.6 Å². The third-order valence-electron chi connectivity index (χ3n) is 2.97. The average Bonchev–Trinajstić information content (AvgIpc) is 2.50. The number of carbonyl (C=O) groups is 1. The Kier molecular flexibility index (Phi) is 5.83. The van der Waals surface area contributed by atoms with Crippen LogP contribution in [0.3, 0.4) is 0 Å². The maximum absolute atomic E-state index is 13.5. The van der Waals surface area contributed by atoms with Crippen molar-refractivity contribution in [3.8, 4) is 0 Å². The van der Waals surface area contributed by atoms with Crippen LogP contribution in [0.1, 0.15) is 23.7 Å². The van der Waals surface area contributed by atoms with Gasteiger partial charge in [-0.3, -0.25) is 5.43 Å². The molecule has 0 aliphatic carbocycles. The molecule has 0 unspecified atom stereocenters. The minimum absolute atomic E-state index is 0.235. The third kappa shape index (κ3) is 5.05. The number of amides is 1. The molecule has 0 fully saturated rings. The number of hydrazine groups is 1. The van der Waals surface area contributed by atoms with E-state index in [0.717, 1.165) is 11.3 Å². The second-order valence-corrected chi connectivity index (χ2v) is 5.09. The number of pyridine rings is 1. The lowest BCUT2D eigenvalue weighted by atomic mass is 10.2. The largest absolute Gasteiger partial charge is 0.449 e. The zero-order chi connectivity index (χ0) is 17.5. The molecule has 0 aliphatic rings. The summed E-state index contributed by atoms with van der Waals surface area (Å²) in [6, 6.07) is 9.57. The van der Waals surface area contributed by atoms with Crippen molar-refractivity contribution < 1.29 is 13.9 Å². The first-order chi connectivity index (χ1) is 11.5. The van der Waals surface area contributed by atoms with Crippen molar-refractivity contribution in [3.63, 3.8) is 0 Å². The molecule has 1 aromatic carbocycles. The summed E-state index contributed by atoms with van der Waals surface area (Å²) in [6.07, 6.45) is -0.657. The Morgan fingerprint density at radius 3 is 2.71 bits per heavy atom. The summed E-state index contributed by atoms with van der Waals surface area (Å²) in [4.78, 5) is 20.2. The van der Waals surface area contributed by atoms with Crippen LogP contribution in [0.4, 0.5) is 15.0 Å². The number of aryl methyl sites for hydroxylation is 2. The number of benzene rings is 1. The predicted molar refractivity (Wildman–Crippen MR) is 89.6 cm³/mol. The smallest absolute Gasteiger partial charge is 0.425 e. The van der Waals surface area contributed by atoms with Crippen molar-refractivity contribution in [2.24, 2.45) is 4.99 Å². The van der Waals surface area contributed by atoms with E-state index in [1.165, 1.54) is 12.1 Å². The first-order valence-electron chi connectivity index (χ1n) is 7.46. The van der Waals surface area contributed by atoms with E-state index < -0.39 is 11.9 Å². The number of nitrogens with zero attached hydrogens (tertiary/aromatic N) is 2. The van der Waals surface area contributed by atoms with Gasteiger partial charge in [-0.25, -0.2) is 24.6 Å². The molecule has 0 saturated carbocycles. The summed E-state index contributed by atoms with van der Waals surface area (Å²) in [5.74, 6) is 0.288. The number of carbonyl (C=O) groups excluding carboxylic acids is 1. The maximum atomic E-state index is 13.5. The predicted octanol–water partition coefficient (Wildman–Crippen LogP) is 3.17. The fraction of sp³-hybridized carbons (Fsp3) is 0.235. The minimum Gasteiger partial charge on any atom is -0.449 e. The Balaban J connectivity index is 2.34. The molecule has 0 aliphatic heterocycles. The van der Waals surface area contributed by atoms with Gasteiger partial charge in [-0.1, -0.05) is 12.1 Å². The first kappa shape index (κ1) is 17.4. The highest BCUT2D eigenvalue weighted by Crippen LogP contribution is 2.14. The Hall–Kier alpha value is -2.96. The van der Waals surface area contributed by atoms with Crippen LogP contribution in [0.5, 0.6) is 0 Å². The van der Waals surface area contributed by atoms with Gasteiger partial charge in [-0.15, -0.1) is 0 Å². The molecule has 126 valence electrons. The van der Waals surface area contributed by atoms with Crippen LogP contribution < -0.4 is 10.9 Å². The quantitative estimate of drug-likeness (QED) is 0.515. The molecule has 2 rings (SSSR count). The number of ether oxygens (including phenoxy) is 1. The summed E-state index contributed by atoms with van der Waals surface area (Å²) in [5, 5.41) is 0. The van der Waals surface area contributed by atoms with Crippen molar-refractivity contribution in [2.45, 2.75) is 20.8 Å². The van der Waals surface area contributed by atoms with Gasteiger partial charge in [-0.05, 0) is 50.6 Å². The van der Waals surface area contributed by atoms with Gasteiger partial charge in [0.2, 0.25) is 0 Å². The van der Waals surface area contributed by atoms with Gasteiger partial charge in [0.15, 0.2) is 11.7 Å². The summed E-state index contributed by atoms with van der Waals surface area (Å²) >= 11 is 0. The highest BCUT2D eigenvalue weighted by atomic mass is 19.1. The Bertz CT molecular complexity index is 742. The van der Waals surface area contributed by atoms with Crippen molar-refractivity contribution in [2.75, 3.05) is 6.61 Å². The number of hydrogen-bond donors (Lipinski definition) is 2. The lowest BCUT2D eigenvalue weighted by Crippen LogP contribution is -2.42. The number of halogens is 1. The molecular formula is C17H19FN4O2. The van der Waals surface area contributed by atoms with Crippen LogP contribution in [0.15, 0.2) is 41.4 Å². The molecule has 24 heavy (non-hydrogen) atoms. The summed E-state index contributed by atoms with van der Waals surface area (Å²) < 4.78 is 18.3. The fourth-order valence-corrected chi connectivity index (χ4v) is 2.07. The Labute approximate surface area is 139 Å². The number of aliphatic imine (C=N–C) groups is 1. The maximum Gasteiger partial charge on any atom is 0.425 e. The van der Waals surface area contributed by atoms with E-state index in [0.29, 0.717) is 11.4 Å². The van der Waals surface area contributed by atoms with E-state index in [1.807, 2.05) is 19.9 Å². The molecule has 0 saturated heterocycles. The molecule has 0 atom stereocenters. The van der Waals surface area contributed by atoms with Crippen LogP contribution in [-0.2, 0) is 4.74 Å². The SMILES string of the molecule is CCOC(=O)NN/C(=N\c1cc(C)cc(C)n1)c1cccc(F)c1. The first-order valence-corrected chi connectivity index (χ1v) is 7.46. The second-order valence-electron chi connectivity index (χ2n) is 5.09. The van der Waals surface area contributed by atoms with Crippen LogP contribution >= 0.6 is 0 Å². The fourth-order valence-electron chi connectivity index (χ4n) is 2.07. The molecule has 2 aromatic rings. The van der Waals surface area contributed by atoms with Crippen LogP contribution in [-0.4, -0.2) is 23.5 Å². The number of aromatic nitrogens is 1. The highest BCUT2D eigenvalue weighted by Gasteiger charge is 2.08. The molecule has 6 nitrogen and oxygen atoms in total. The molecule has 7 heteroatoms. The van der Waals surface area contributed by atoms with Gasteiger partial charge < -0.3 is 4.74 Å².